The molecule has 2 rings (SSSR count). The number of nitrogen functional groups attached to an aromatic ring is 1. The monoisotopic (exact) mass is 251 g/mol. The number of ether oxygens (including phenoxy) is 2. The highest BCUT2D eigenvalue weighted by Gasteiger charge is 2.21. The Bertz CT molecular complexity index is 403. The lowest BCUT2D eigenvalue weighted by Gasteiger charge is -2.21. The van der Waals surface area contributed by atoms with Gasteiger partial charge in [0.05, 0.1) is 18.9 Å². The molecule has 0 fully saturated rings. The standard InChI is InChI=1S/C13H21N3O2/c1-3-5-11(18-4-2)13-15-10-6-7-17-8-9(10)12(14)16-13/h11H,3-8H2,1-2H3,(H2,14,15,16). The van der Waals surface area contributed by atoms with E-state index in [-0.39, 0.29) is 6.10 Å². The number of nitrogens with zero attached hydrogens (tertiary/aromatic N) is 2. The van der Waals surface area contributed by atoms with E-state index in [1.54, 1.807) is 0 Å². The van der Waals surface area contributed by atoms with Gasteiger partial charge in [-0.2, -0.15) is 0 Å². The number of anilines is 1. The second-order valence-electron chi connectivity index (χ2n) is 4.43. The molecule has 0 spiro atoms. The molecule has 1 atom stereocenters. The van der Waals surface area contributed by atoms with E-state index < -0.39 is 0 Å². The number of hydrogen-bond acceptors (Lipinski definition) is 5. The summed E-state index contributed by atoms with van der Waals surface area (Å²) < 4.78 is 11.1. The smallest absolute Gasteiger partial charge is 0.159 e. The van der Waals surface area contributed by atoms with Gasteiger partial charge < -0.3 is 15.2 Å². The first-order chi connectivity index (χ1) is 8.76. The van der Waals surface area contributed by atoms with Gasteiger partial charge in [-0.25, -0.2) is 9.97 Å². The minimum atomic E-state index is -0.0459. The highest BCUT2D eigenvalue weighted by Crippen LogP contribution is 2.25. The average molecular weight is 251 g/mol. The third-order valence-electron chi connectivity index (χ3n) is 3.08. The second-order valence-corrected chi connectivity index (χ2v) is 4.43. The van der Waals surface area contributed by atoms with E-state index in [9.17, 15) is 0 Å². The van der Waals surface area contributed by atoms with Crippen molar-refractivity contribution in [2.24, 2.45) is 0 Å². The van der Waals surface area contributed by atoms with Crippen LogP contribution in [0.1, 0.15) is 49.9 Å². The molecule has 1 unspecified atom stereocenters. The van der Waals surface area contributed by atoms with Crippen molar-refractivity contribution >= 4 is 5.82 Å². The van der Waals surface area contributed by atoms with Crippen molar-refractivity contribution in [3.05, 3.63) is 17.1 Å². The van der Waals surface area contributed by atoms with E-state index in [0.29, 0.717) is 25.6 Å². The van der Waals surface area contributed by atoms with Gasteiger partial charge in [0.25, 0.3) is 0 Å². The zero-order valence-electron chi connectivity index (χ0n) is 11.1. The lowest BCUT2D eigenvalue weighted by Crippen LogP contribution is -2.19. The largest absolute Gasteiger partial charge is 0.383 e. The molecule has 0 bridgehead atoms. The Morgan fingerprint density at radius 3 is 2.94 bits per heavy atom. The summed E-state index contributed by atoms with van der Waals surface area (Å²) in [6.07, 6.45) is 2.71. The second kappa shape index (κ2) is 6.11. The van der Waals surface area contributed by atoms with Crippen molar-refractivity contribution in [3.63, 3.8) is 0 Å². The average Bonchev–Trinajstić information content (AvgIpc) is 2.38. The van der Waals surface area contributed by atoms with Crippen molar-refractivity contribution in [2.45, 2.75) is 45.8 Å². The molecule has 5 heteroatoms. The molecule has 2 heterocycles. The van der Waals surface area contributed by atoms with Gasteiger partial charge >= 0.3 is 0 Å². The minimum absolute atomic E-state index is 0.0459. The van der Waals surface area contributed by atoms with E-state index in [4.69, 9.17) is 15.2 Å². The summed E-state index contributed by atoms with van der Waals surface area (Å²) in [6.45, 7) is 6.00. The zero-order chi connectivity index (χ0) is 13.0. The van der Waals surface area contributed by atoms with Gasteiger partial charge in [0.1, 0.15) is 11.9 Å². The molecular formula is C13H21N3O2. The van der Waals surface area contributed by atoms with Crippen LogP contribution in [0.15, 0.2) is 0 Å². The molecule has 0 saturated carbocycles. The maximum absolute atomic E-state index is 5.99. The van der Waals surface area contributed by atoms with Crippen LogP contribution in [0.25, 0.3) is 0 Å². The maximum Gasteiger partial charge on any atom is 0.159 e. The van der Waals surface area contributed by atoms with Crippen molar-refractivity contribution in [1.82, 2.24) is 9.97 Å². The Morgan fingerprint density at radius 2 is 2.22 bits per heavy atom. The first-order valence-electron chi connectivity index (χ1n) is 6.60. The Balaban J connectivity index is 2.29. The van der Waals surface area contributed by atoms with Crippen LogP contribution in [-0.4, -0.2) is 23.2 Å². The van der Waals surface area contributed by atoms with Gasteiger partial charge in [0, 0.05) is 18.6 Å². The van der Waals surface area contributed by atoms with Crippen molar-refractivity contribution in [1.29, 1.82) is 0 Å². The molecule has 0 aliphatic carbocycles. The van der Waals surface area contributed by atoms with Gasteiger partial charge in [-0.05, 0) is 13.3 Å². The van der Waals surface area contributed by atoms with Gasteiger partial charge in [-0.3, -0.25) is 0 Å². The van der Waals surface area contributed by atoms with Crippen LogP contribution in [-0.2, 0) is 22.5 Å². The normalized spacial score (nSPS) is 16.3. The molecule has 18 heavy (non-hydrogen) atoms. The van der Waals surface area contributed by atoms with Crippen molar-refractivity contribution < 1.29 is 9.47 Å². The van der Waals surface area contributed by atoms with Crippen LogP contribution in [0.3, 0.4) is 0 Å². The molecule has 0 aromatic carbocycles. The quantitative estimate of drug-likeness (QED) is 0.866. The van der Waals surface area contributed by atoms with E-state index in [2.05, 4.69) is 16.9 Å². The van der Waals surface area contributed by atoms with Gasteiger partial charge in [-0.15, -0.1) is 0 Å². The summed E-state index contributed by atoms with van der Waals surface area (Å²) in [4.78, 5) is 9.00. The molecule has 0 radical (unpaired) electrons. The summed E-state index contributed by atoms with van der Waals surface area (Å²) in [5, 5.41) is 0. The van der Waals surface area contributed by atoms with Crippen molar-refractivity contribution in [3.8, 4) is 0 Å². The van der Waals surface area contributed by atoms with E-state index in [1.165, 1.54) is 0 Å². The first-order valence-corrected chi connectivity index (χ1v) is 6.60. The lowest BCUT2D eigenvalue weighted by atomic mass is 10.1. The summed E-state index contributed by atoms with van der Waals surface area (Å²) in [6, 6.07) is 0. The number of aromatic nitrogens is 2. The van der Waals surface area contributed by atoms with Gasteiger partial charge in [0.15, 0.2) is 5.82 Å². The van der Waals surface area contributed by atoms with Crippen LogP contribution in [0.2, 0.25) is 0 Å². The van der Waals surface area contributed by atoms with Crippen molar-refractivity contribution in [2.75, 3.05) is 18.9 Å². The van der Waals surface area contributed by atoms with E-state index in [0.717, 1.165) is 36.3 Å². The molecule has 0 saturated heterocycles. The van der Waals surface area contributed by atoms with Gasteiger partial charge in [0.2, 0.25) is 0 Å². The molecule has 1 aliphatic rings. The molecule has 5 nitrogen and oxygen atoms in total. The summed E-state index contributed by atoms with van der Waals surface area (Å²) in [7, 11) is 0. The molecule has 100 valence electrons. The lowest BCUT2D eigenvalue weighted by molar-refractivity contribution is 0.0486. The fourth-order valence-corrected chi connectivity index (χ4v) is 2.17. The molecule has 1 aromatic rings. The number of rotatable bonds is 5. The van der Waals surface area contributed by atoms with Crippen LogP contribution >= 0.6 is 0 Å². The predicted molar refractivity (Wildman–Crippen MR) is 69.1 cm³/mol. The van der Waals surface area contributed by atoms with E-state index >= 15 is 0 Å². The van der Waals surface area contributed by atoms with Gasteiger partial charge in [-0.1, -0.05) is 13.3 Å². The Hall–Kier alpha value is -1.20. The predicted octanol–water partition coefficient (Wildman–Crippen LogP) is 2.01. The molecule has 1 aliphatic heterocycles. The number of fused-ring (bicyclic) bond motifs is 1. The maximum atomic E-state index is 5.99. The minimum Gasteiger partial charge on any atom is -0.383 e. The highest BCUT2D eigenvalue weighted by atomic mass is 16.5. The Morgan fingerprint density at radius 1 is 1.39 bits per heavy atom. The number of hydrogen-bond donors (Lipinski definition) is 1. The summed E-state index contributed by atoms with van der Waals surface area (Å²) >= 11 is 0. The Kier molecular flexibility index (Phi) is 4.49. The van der Waals surface area contributed by atoms with Crippen LogP contribution in [0.5, 0.6) is 0 Å². The Labute approximate surface area is 108 Å². The SMILES string of the molecule is CCCC(OCC)c1nc(N)c2c(n1)CCOC2. The van der Waals surface area contributed by atoms with Crippen LogP contribution in [0.4, 0.5) is 5.82 Å². The third-order valence-corrected chi connectivity index (χ3v) is 3.08. The highest BCUT2D eigenvalue weighted by molar-refractivity contribution is 5.43. The molecule has 2 N–H and O–H groups in total. The van der Waals surface area contributed by atoms with Crippen LogP contribution < -0.4 is 5.73 Å². The molecule has 0 amide bonds. The fraction of sp³-hybridized carbons (Fsp3) is 0.692. The molecular weight excluding hydrogens is 230 g/mol. The summed E-state index contributed by atoms with van der Waals surface area (Å²) in [5.74, 6) is 1.26. The number of nitrogens with two attached hydrogens (primary N) is 1. The first kappa shape index (κ1) is 13.2. The third kappa shape index (κ3) is 2.79. The fourth-order valence-electron chi connectivity index (χ4n) is 2.17. The van der Waals surface area contributed by atoms with Crippen LogP contribution in [0, 0.1) is 0 Å². The molecule has 1 aromatic heterocycles. The van der Waals surface area contributed by atoms with E-state index in [1.807, 2.05) is 6.92 Å². The zero-order valence-corrected chi connectivity index (χ0v) is 11.1. The summed E-state index contributed by atoms with van der Waals surface area (Å²) in [5.41, 5.74) is 7.95. The topological polar surface area (TPSA) is 70.3 Å².